The van der Waals surface area contributed by atoms with Crippen LogP contribution < -0.4 is 5.73 Å². The third-order valence-corrected chi connectivity index (χ3v) is 4.76. The second-order valence-electron chi connectivity index (χ2n) is 5.92. The molecule has 1 saturated carbocycles. The molecule has 0 radical (unpaired) electrons. The minimum Gasteiger partial charge on any atom is -0.349 e. The van der Waals surface area contributed by atoms with Gasteiger partial charge in [0, 0.05) is 24.0 Å². The smallest absolute Gasteiger partial charge is 0.0313 e. The normalized spacial score (nSPS) is 24.5. The highest BCUT2D eigenvalue weighted by Crippen LogP contribution is 2.33. The fourth-order valence-electron chi connectivity index (χ4n) is 3.40. The first kappa shape index (κ1) is 11.3. The summed E-state index contributed by atoms with van der Waals surface area (Å²) in [4.78, 5) is 0. The maximum absolute atomic E-state index is 6.21. The van der Waals surface area contributed by atoms with E-state index in [0.717, 1.165) is 5.92 Å². The van der Waals surface area contributed by atoms with Gasteiger partial charge in [-0.3, -0.25) is 0 Å². The van der Waals surface area contributed by atoms with Crippen LogP contribution in [0.5, 0.6) is 0 Å². The van der Waals surface area contributed by atoms with Crippen LogP contribution in [0.3, 0.4) is 0 Å². The molecule has 0 aromatic carbocycles. The molecule has 2 aliphatic rings. The molecular weight excluding hydrogens is 208 g/mol. The zero-order valence-electron chi connectivity index (χ0n) is 10.9. The van der Waals surface area contributed by atoms with Gasteiger partial charge < -0.3 is 10.3 Å². The Balaban J connectivity index is 1.78. The first-order chi connectivity index (χ1) is 8.25. The van der Waals surface area contributed by atoms with Gasteiger partial charge in [-0.25, -0.2) is 0 Å². The zero-order chi connectivity index (χ0) is 11.8. The first-order valence-electron chi connectivity index (χ1n) is 7.20. The number of hydrogen-bond acceptors (Lipinski definition) is 1. The van der Waals surface area contributed by atoms with Crippen molar-refractivity contribution in [3.63, 3.8) is 0 Å². The Morgan fingerprint density at radius 1 is 1.29 bits per heavy atom. The maximum Gasteiger partial charge on any atom is 0.0313 e. The van der Waals surface area contributed by atoms with Crippen molar-refractivity contribution in [2.75, 3.05) is 0 Å². The summed E-state index contributed by atoms with van der Waals surface area (Å²) in [6.07, 6.45) is 9.42. The number of rotatable bonds is 3. The predicted molar refractivity (Wildman–Crippen MR) is 71.0 cm³/mol. The summed E-state index contributed by atoms with van der Waals surface area (Å²) in [7, 11) is 0. The Labute approximate surface area is 104 Å². The second kappa shape index (κ2) is 4.49. The Hall–Kier alpha value is -0.760. The minimum absolute atomic E-state index is 0.294. The SMILES string of the molecule is Cc1cc2c(n1CCC1CCC1)CCCC2N. The Morgan fingerprint density at radius 3 is 2.82 bits per heavy atom. The molecule has 1 fully saturated rings. The van der Waals surface area contributed by atoms with E-state index in [9.17, 15) is 0 Å². The van der Waals surface area contributed by atoms with E-state index in [4.69, 9.17) is 5.73 Å². The number of aromatic nitrogens is 1. The van der Waals surface area contributed by atoms with Gasteiger partial charge in [-0.05, 0) is 50.2 Å². The molecule has 1 unspecified atom stereocenters. The fraction of sp³-hybridized carbons (Fsp3) is 0.733. The molecular formula is C15H24N2. The van der Waals surface area contributed by atoms with Crippen molar-refractivity contribution >= 4 is 0 Å². The van der Waals surface area contributed by atoms with E-state index in [2.05, 4.69) is 17.6 Å². The third kappa shape index (κ3) is 2.03. The van der Waals surface area contributed by atoms with Gasteiger partial charge in [-0.15, -0.1) is 0 Å². The standard InChI is InChI=1S/C15H24N2/c1-11-10-13-14(16)6-3-7-15(13)17(11)9-8-12-4-2-5-12/h10,12,14H,2-9,16H2,1H3. The van der Waals surface area contributed by atoms with Crippen LogP contribution >= 0.6 is 0 Å². The average Bonchev–Trinajstić information content (AvgIpc) is 2.55. The molecule has 1 atom stereocenters. The van der Waals surface area contributed by atoms with Crippen molar-refractivity contribution in [3.8, 4) is 0 Å². The van der Waals surface area contributed by atoms with Crippen LogP contribution in [0.4, 0.5) is 0 Å². The lowest BCUT2D eigenvalue weighted by molar-refractivity contribution is 0.280. The summed E-state index contributed by atoms with van der Waals surface area (Å²) in [5.74, 6) is 1.00. The van der Waals surface area contributed by atoms with Gasteiger partial charge in [0.2, 0.25) is 0 Å². The molecule has 2 heteroatoms. The van der Waals surface area contributed by atoms with E-state index in [1.165, 1.54) is 62.7 Å². The molecule has 3 rings (SSSR count). The van der Waals surface area contributed by atoms with Gasteiger partial charge in [0.15, 0.2) is 0 Å². The van der Waals surface area contributed by atoms with Gasteiger partial charge >= 0.3 is 0 Å². The largest absolute Gasteiger partial charge is 0.349 e. The molecule has 0 amide bonds. The van der Waals surface area contributed by atoms with E-state index < -0.39 is 0 Å². The topological polar surface area (TPSA) is 30.9 Å². The minimum atomic E-state index is 0.294. The quantitative estimate of drug-likeness (QED) is 0.851. The molecule has 0 saturated heterocycles. The Kier molecular flexibility index (Phi) is 2.99. The summed E-state index contributed by atoms with van der Waals surface area (Å²) in [6, 6.07) is 2.63. The molecule has 2 nitrogen and oxygen atoms in total. The zero-order valence-corrected chi connectivity index (χ0v) is 10.9. The second-order valence-corrected chi connectivity index (χ2v) is 5.92. The van der Waals surface area contributed by atoms with Crippen molar-refractivity contribution in [3.05, 3.63) is 23.0 Å². The van der Waals surface area contributed by atoms with Crippen LogP contribution in [0.15, 0.2) is 6.07 Å². The molecule has 1 aromatic heterocycles. The van der Waals surface area contributed by atoms with E-state index in [1.807, 2.05) is 0 Å². The molecule has 94 valence electrons. The van der Waals surface area contributed by atoms with Crippen molar-refractivity contribution in [1.82, 2.24) is 4.57 Å². The Morgan fingerprint density at radius 2 is 2.12 bits per heavy atom. The monoisotopic (exact) mass is 232 g/mol. The summed E-state index contributed by atoms with van der Waals surface area (Å²) in [5.41, 5.74) is 10.6. The lowest BCUT2D eigenvalue weighted by Crippen LogP contribution is -2.20. The summed E-state index contributed by atoms with van der Waals surface area (Å²) in [5, 5.41) is 0. The van der Waals surface area contributed by atoms with E-state index >= 15 is 0 Å². The van der Waals surface area contributed by atoms with Crippen molar-refractivity contribution < 1.29 is 0 Å². The lowest BCUT2D eigenvalue weighted by Gasteiger charge is -2.27. The number of fused-ring (bicyclic) bond motifs is 1. The van der Waals surface area contributed by atoms with Crippen molar-refractivity contribution in [2.45, 2.75) is 64.5 Å². The van der Waals surface area contributed by atoms with E-state index in [-0.39, 0.29) is 0 Å². The van der Waals surface area contributed by atoms with E-state index in [0.29, 0.717) is 6.04 Å². The summed E-state index contributed by atoms with van der Waals surface area (Å²) >= 11 is 0. The Bertz CT molecular complexity index is 401. The van der Waals surface area contributed by atoms with Crippen molar-refractivity contribution in [1.29, 1.82) is 0 Å². The maximum atomic E-state index is 6.21. The first-order valence-corrected chi connectivity index (χ1v) is 7.20. The van der Waals surface area contributed by atoms with Crippen LogP contribution in [-0.4, -0.2) is 4.57 Å². The van der Waals surface area contributed by atoms with Gasteiger partial charge in [0.1, 0.15) is 0 Å². The average molecular weight is 232 g/mol. The number of nitrogens with two attached hydrogens (primary N) is 1. The number of hydrogen-bond donors (Lipinski definition) is 1. The number of nitrogens with zero attached hydrogens (tertiary/aromatic N) is 1. The summed E-state index contributed by atoms with van der Waals surface area (Å²) in [6.45, 7) is 3.46. The summed E-state index contributed by atoms with van der Waals surface area (Å²) < 4.78 is 2.55. The van der Waals surface area contributed by atoms with Crippen LogP contribution in [0, 0.1) is 12.8 Å². The van der Waals surface area contributed by atoms with Crippen molar-refractivity contribution in [2.24, 2.45) is 11.7 Å². The van der Waals surface area contributed by atoms with Gasteiger partial charge in [0.25, 0.3) is 0 Å². The molecule has 2 N–H and O–H groups in total. The molecule has 1 aromatic rings. The lowest BCUT2D eigenvalue weighted by atomic mass is 9.83. The molecule has 0 bridgehead atoms. The molecule has 1 heterocycles. The van der Waals surface area contributed by atoms with Gasteiger partial charge in [-0.2, -0.15) is 0 Å². The van der Waals surface area contributed by atoms with Crippen LogP contribution in [0.2, 0.25) is 0 Å². The molecule has 17 heavy (non-hydrogen) atoms. The fourth-order valence-corrected chi connectivity index (χ4v) is 3.40. The highest BCUT2D eigenvalue weighted by atomic mass is 15.0. The molecule has 0 aliphatic heterocycles. The van der Waals surface area contributed by atoms with Gasteiger partial charge in [-0.1, -0.05) is 19.3 Å². The van der Waals surface area contributed by atoms with Crippen LogP contribution in [0.1, 0.15) is 61.5 Å². The number of aryl methyl sites for hydroxylation is 1. The third-order valence-electron chi connectivity index (χ3n) is 4.76. The van der Waals surface area contributed by atoms with E-state index in [1.54, 1.807) is 5.69 Å². The van der Waals surface area contributed by atoms with Gasteiger partial charge in [0.05, 0.1) is 0 Å². The predicted octanol–water partition coefficient (Wildman–Crippen LogP) is 3.32. The molecule has 2 aliphatic carbocycles. The van der Waals surface area contributed by atoms with Crippen LogP contribution in [-0.2, 0) is 13.0 Å². The van der Waals surface area contributed by atoms with Crippen LogP contribution in [0.25, 0.3) is 0 Å². The highest BCUT2D eigenvalue weighted by Gasteiger charge is 2.23. The highest BCUT2D eigenvalue weighted by molar-refractivity contribution is 5.32. The molecule has 0 spiro atoms.